The van der Waals surface area contributed by atoms with Crippen molar-refractivity contribution in [3.05, 3.63) is 17.8 Å². The van der Waals surface area contributed by atoms with Crippen molar-refractivity contribution in [3.63, 3.8) is 0 Å². The second-order valence-corrected chi connectivity index (χ2v) is 6.42. The van der Waals surface area contributed by atoms with Crippen molar-refractivity contribution in [2.24, 2.45) is 11.8 Å². The van der Waals surface area contributed by atoms with E-state index in [0.717, 1.165) is 12.1 Å². The number of hydrogen-bond donors (Lipinski definition) is 2. The molecule has 2 heterocycles. The van der Waals surface area contributed by atoms with Crippen LogP contribution in [0.15, 0.2) is 12.1 Å². The predicted octanol–water partition coefficient (Wildman–Crippen LogP) is 1.58. The van der Waals surface area contributed by atoms with Crippen LogP contribution < -0.4 is 16.0 Å². The van der Waals surface area contributed by atoms with E-state index in [4.69, 9.17) is 15.3 Å². The molecule has 0 bridgehead atoms. The molecule has 1 aromatic rings. The lowest BCUT2D eigenvalue weighted by atomic mass is 9.80. The highest BCUT2D eigenvalue weighted by molar-refractivity contribution is 5.17. The molecular weight excluding hydrogens is 256 g/mol. The van der Waals surface area contributed by atoms with Gasteiger partial charge >= 0.3 is 0 Å². The molecule has 20 heavy (non-hydrogen) atoms. The first-order chi connectivity index (χ1) is 9.29. The predicted molar refractivity (Wildman–Crippen MR) is 76.0 cm³/mol. The molecule has 3 N–H and O–H groups in total. The molecular formula is C14H24N4O2. The molecule has 0 saturated carbocycles. The summed E-state index contributed by atoms with van der Waals surface area (Å²) in [7, 11) is 1.57. The fraction of sp³-hybridized carbons (Fsp3) is 0.714. The summed E-state index contributed by atoms with van der Waals surface area (Å²) < 4.78 is 11.2. The molecule has 1 saturated heterocycles. The van der Waals surface area contributed by atoms with Crippen molar-refractivity contribution >= 4 is 0 Å². The number of nitrogens with two attached hydrogens (primary N) is 1. The Hall–Kier alpha value is -1.24. The molecule has 0 aliphatic carbocycles. The number of nitrogens with one attached hydrogen (secondary N) is 1. The molecule has 6 nitrogen and oxygen atoms in total. The summed E-state index contributed by atoms with van der Waals surface area (Å²) >= 11 is 0. The van der Waals surface area contributed by atoms with Gasteiger partial charge in [0.2, 0.25) is 5.88 Å². The molecule has 0 radical (unpaired) electrons. The van der Waals surface area contributed by atoms with Gasteiger partial charge in [-0.05, 0) is 40.2 Å². The zero-order chi connectivity index (χ0) is 15.0. The van der Waals surface area contributed by atoms with Gasteiger partial charge in [-0.15, -0.1) is 5.10 Å². The zero-order valence-electron chi connectivity index (χ0n) is 12.8. The smallest absolute Gasteiger partial charge is 0.233 e. The molecule has 2 unspecified atom stereocenters. The van der Waals surface area contributed by atoms with Crippen molar-refractivity contribution in [2.75, 3.05) is 7.11 Å². The lowest BCUT2D eigenvalue weighted by Gasteiger charge is -2.32. The quantitative estimate of drug-likeness (QED) is 0.643. The first-order valence-corrected chi connectivity index (χ1v) is 6.83. The average molecular weight is 280 g/mol. The van der Waals surface area contributed by atoms with E-state index < -0.39 is 0 Å². The van der Waals surface area contributed by atoms with E-state index in [1.807, 2.05) is 6.07 Å². The van der Waals surface area contributed by atoms with Gasteiger partial charge in [0.05, 0.1) is 30.0 Å². The molecule has 112 valence electrons. The minimum atomic E-state index is -0.276. The largest absolute Gasteiger partial charge is 0.480 e. The highest BCUT2D eigenvalue weighted by Gasteiger charge is 2.49. The monoisotopic (exact) mass is 280 g/mol. The number of methoxy groups -OCH3 is 1. The molecule has 0 amide bonds. The summed E-state index contributed by atoms with van der Waals surface area (Å²) in [5.74, 6) is 6.47. The van der Waals surface area contributed by atoms with Gasteiger partial charge in [0.1, 0.15) is 0 Å². The Balaban J connectivity index is 2.27. The first kappa shape index (κ1) is 15.2. The van der Waals surface area contributed by atoms with E-state index in [2.05, 4.69) is 43.3 Å². The Morgan fingerprint density at radius 3 is 2.45 bits per heavy atom. The van der Waals surface area contributed by atoms with Crippen LogP contribution in [0.2, 0.25) is 0 Å². The lowest BCUT2D eigenvalue weighted by Crippen LogP contribution is -2.41. The van der Waals surface area contributed by atoms with E-state index in [1.54, 1.807) is 13.2 Å². The normalized spacial score (nSPS) is 25.4. The minimum absolute atomic E-state index is 0.106. The first-order valence-electron chi connectivity index (χ1n) is 6.83. The standard InChI is InChI=1S/C14H24N4O2/c1-13(2)8-9(14(3,4)20-13)12(16-15)10-6-7-11(19-5)18-17-10/h6-7,9,12,16H,8,15H2,1-5H3. The summed E-state index contributed by atoms with van der Waals surface area (Å²) in [6.45, 7) is 8.38. The van der Waals surface area contributed by atoms with Gasteiger partial charge in [-0.25, -0.2) is 0 Å². The maximum atomic E-state index is 6.13. The van der Waals surface area contributed by atoms with Crippen LogP contribution in [0, 0.1) is 5.92 Å². The number of ether oxygens (including phenoxy) is 2. The molecule has 0 aromatic carbocycles. The van der Waals surface area contributed by atoms with Crippen molar-refractivity contribution in [1.29, 1.82) is 0 Å². The Kier molecular flexibility index (Phi) is 4.00. The fourth-order valence-electron chi connectivity index (χ4n) is 3.14. The maximum absolute atomic E-state index is 6.13. The molecule has 2 atom stereocenters. The van der Waals surface area contributed by atoms with Crippen LogP contribution in [0.5, 0.6) is 5.88 Å². The molecule has 1 aliphatic heterocycles. The number of hydrazine groups is 1. The van der Waals surface area contributed by atoms with E-state index in [1.165, 1.54) is 0 Å². The van der Waals surface area contributed by atoms with Gasteiger partial charge < -0.3 is 9.47 Å². The summed E-state index contributed by atoms with van der Waals surface area (Å²) in [4.78, 5) is 0. The van der Waals surface area contributed by atoms with Gasteiger partial charge in [0, 0.05) is 12.0 Å². The Bertz CT molecular complexity index is 459. The van der Waals surface area contributed by atoms with Crippen LogP contribution in [0.3, 0.4) is 0 Å². The second kappa shape index (κ2) is 5.27. The van der Waals surface area contributed by atoms with Gasteiger partial charge in [-0.3, -0.25) is 11.3 Å². The zero-order valence-corrected chi connectivity index (χ0v) is 12.8. The van der Waals surface area contributed by atoms with Gasteiger partial charge in [-0.2, -0.15) is 5.10 Å². The Morgan fingerprint density at radius 1 is 1.35 bits per heavy atom. The summed E-state index contributed by atoms with van der Waals surface area (Å²) in [5.41, 5.74) is 3.23. The SMILES string of the molecule is COc1ccc(C(NN)C2CC(C)(C)OC2(C)C)nn1. The third kappa shape index (κ3) is 2.92. The fourth-order valence-corrected chi connectivity index (χ4v) is 3.14. The van der Waals surface area contributed by atoms with Crippen molar-refractivity contribution in [1.82, 2.24) is 15.6 Å². The molecule has 1 fully saturated rings. The summed E-state index contributed by atoms with van der Waals surface area (Å²) in [6, 6.07) is 3.57. The number of aromatic nitrogens is 2. The van der Waals surface area contributed by atoms with E-state index in [9.17, 15) is 0 Å². The van der Waals surface area contributed by atoms with Crippen molar-refractivity contribution in [2.45, 2.75) is 51.4 Å². The van der Waals surface area contributed by atoms with Crippen LogP contribution in [0.25, 0.3) is 0 Å². The number of hydrogen-bond acceptors (Lipinski definition) is 6. The minimum Gasteiger partial charge on any atom is -0.480 e. The molecule has 1 aliphatic rings. The van der Waals surface area contributed by atoms with Gasteiger partial charge in [0.15, 0.2) is 0 Å². The summed E-state index contributed by atoms with van der Waals surface area (Å²) in [6.07, 6.45) is 0.905. The van der Waals surface area contributed by atoms with Crippen LogP contribution in [0.4, 0.5) is 0 Å². The molecule has 1 aromatic heterocycles. The third-order valence-electron chi connectivity index (χ3n) is 3.91. The molecule has 6 heteroatoms. The summed E-state index contributed by atoms with van der Waals surface area (Å²) in [5, 5.41) is 8.22. The number of rotatable bonds is 4. The van der Waals surface area contributed by atoms with Crippen molar-refractivity contribution in [3.8, 4) is 5.88 Å². The molecule has 0 spiro atoms. The van der Waals surface area contributed by atoms with Crippen molar-refractivity contribution < 1.29 is 9.47 Å². The molecule has 2 rings (SSSR count). The van der Waals surface area contributed by atoms with Gasteiger partial charge in [0.25, 0.3) is 0 Å². The Labute approximate surface area is 120 Å². The maximum Gasteiger partial charge on any atom is 0.233 e. The second-order valence-electron chi connectivity index (χ2n) is 6.42. The third-order valence-corrected chi connectivity index (χ3v) is 3.91. The van der Waals surface area contributed by atoms with E-state index in [-0.39, 0.29) is 23.2 Å². The van der Waals surface area contributed by atoms with Crippen LogP contribution >= 0.6 is 0 Å². The van der Waals surface area contributed by atoms with Crippen LogP contribution in [0.1, 0.15) is 45.9 Å². The Morgan fingerprint density at radius 2 is 2.05 bits per heavy atom. The highest BCUT2D eigenvalue weighted by atomic mass is 16.5. The number of nitrogens with zero attached hydrogens (tertiary/aromatic N) is 2. The van der Waals surface area contributed by atoms with E-state index in [0.29, 0.717) is 5.88 Å². The average Bonchev–Trinajstić information content (AvgIpc) is 2.59. The highest BCUT2D eigenvalue weighted by Crippen LogP contribution is 2.47. The van der Waals surface area contributed by atoms with Crippen LogP contribution in [-0.4, -0.2) is 28.5 Å². The van der Waals surface area contributed by atoms with Gasteiger partial charge in [-0.1, -0.05) is 0 Å². The van der Waals surface area contributed by atoms with E-state index >= 15 is 0 Å². The van der Waals surface area contributed by atoms with Crippen LogP contribution in [-0.2, 0) is 4.74 Å². The topological polar surface area (TPSA) is 82.3 Å². The lowest BCUT2D eigenvalue weighted by molar-refractivity contribution is -0.0780.